The van der Waals surface area contributed by atoms with Crippen molar-refractivity contribution in [3.8, 4) is 0 Å². The minimum atomic E-state index is -3.55. The second-order valence-corrected chi connectivity index (χ2v) is 6.85. The zero-order valence-corrected chi connectivity index (χ0v) is 13.4. The number of halogens is 2. The maximum absolute atomic E-state index is 12.1. The van der Waals surface area contributed by atoms with Gasteiger partial charge in [0.05, 0.1) is 31.1 Å². The predicted molar refractivity (Wildman–Crippen MR) is 78.6 cm³/mol. The summed E-state index contributed by atoms with van der Waals surface area (Å²) in [5.74, 6) is 0. The highest BCUT2D eigenvalue weighted by atomic mass is 35.5. The lowest BCUT2D eigenvalue weighted by atomic mass is 10.4. The van der Waals surface area contributed by atoms with Crippen molar-refractivity contribution in [2.75, 3.05) is 26.2 Å². The number of sulfonamides is 1. The van der Waals surface area contributed by atoms with Crippen LogP contribution in [0.4, 0.5) is 0 Å². The zero-order valence-electron chi connectivity index (χ0n) is 11.0. The van der Waals surface area contributed by atoms with Crippen LogP contribution in [0.2, 0.25) is 10.0 Å². The van der Waals surface area contributed by atoms with Crippen LogP contribution in [0, 0.1) is 0 Å². The normalized spacial score (nSPS) is 12.1. The van der Waals surface area contributed by atoms with E-state index in [9.17, 15) is 8.42 Å². The number of benzene rings is 1. The average Bonchev–Trinajstić information content (AvgIpc) is 2.33. The Morgan fingerprint density at radius 1 is 1.11 bits per heavy atom. The fraction of sp³-hybridized carbons (Fsp3) is 0.500. The number of quaternary nitrogens is 1. The van der Waals surface area contributed by atoms with Crippen LogP contribution >= 0.6 is 23.2 Å². The van der Waals surface area contributed by atoms with Gasteiger partial charge in [-0.15, -0.1) is 0 Å². The summed E-state index contributed by atoms with van der Waals surface area (Å²) in [5, 5.41) is 0.615. The SMILES string of the molecule is CC[NH+](CC)CCNS(=O)(=O)c1cc(Cl)cc(Cl)c1. The van der Waals surface area contributed by atoms with Crippen LogP contribution in [0.25, 0.3) is 0 Å². The van der Waals surface area contributed by atoms with Crippen LogP contribution in [0.3, 0.4) is 0 Å². The molecule has 0 heterocycles. The fourth-order valence-corrected chi connectivity index (χ4v) is 3.49. The summed E-state index contributed by atoms with van der Waals surface area (Å²) in [5.41, 5.74) is 0. The van der Waals surface area contributed by atoms with Crippen molar-refractivity contribution in [1.29, 1.82) is 0 Å². The lowest BCUT2D eigenvalue weighted by Crippen LogP contribution is -3.12. The molecule has 1 rings (SSSR count). The number of hydrogen-bond acceptors (Lipinski definition) is 2. The van der Waals surface area contributed by atoms with Crippen LogP contribution in [0.5, 0.6) is 0 Å². The molecule has 19 heavy (non-hydrogen) atoms. The summed E-state index contributed by atoms with van der Waals surface area (Å²) in [6, 6.07) is 4.28. The summed E-state index contributed by atoms with van der Waals surface area (Å²) in [6.07, 6.45) is 0. The Balaban J connectivity index is 2.71. The lowest BCUT2D eigenvalue weighted by molar-refractivity contribution is -0.895. The average molecular weight is 326 g/mol. The van der Waals surface area contributed by atoms with Gasteiger partial charge >= 0.3 is 0 Å². The minimum Gasteiger partial charge on any atom is -0.334 e. The first-order chi connectivity index (χ1) is 8.89. The van der Waals surface area contributed by atoms with E-state index in [2.05, 4.69) is 18.6 Å². The predicted octanol–water partition coefficient (Wildman–Crippen LogP) is 1.20. The smallest absolute Gasteiger partial charge is 0.240 e. The van der Waals surface area contributed by atoms with Gasteiger partial charge in [-0.2, -0.15) is 0 Å². The first-order valence-corrected chi connectivity index (χ1v) is 8.42. The largest absolute Gasteiger partial charge is 0.334 e. The molecule has 0 saturated carbocycles. The van der Waals surface area contributed by atoms with Gasteiger partial charge in [-0.25, -0.2) is 13.1 Å². The van der Waals surface area contributed by atoms with Crippen molar-refractivity contribution in [2.45, 2.75) is 18.7 Å². The van der Waals surface area contributed by atoms with Crippen LogP contribution in [0.1, 0.15) is 13.8 Å². The molecule has 0 aromatic heterocycles. The van der Waals surface area contributed by atoms with Crippen LogP contribution in [0.15, 0.2) is 23.1 Å². The second kappa shape index (κ2) is 7.45. The van der Waals surface area contributed by atoms with Gasteiger partial charge < -0.3 is 4.90 Å². The summed E-state index contributed by atoms with van der Waals surface area (Å²) >= 11 is 11.6. The van der Waals surface area contributed by atoms with Gasteiger partial charge in [0.25, 0.3) is 0 Å². The zero-order chi connectivity index (χ0) is 14.5. The molecule has 0 saturated heterocycles. The van der Waals surface area contributed by atoms with Gasteiger partial charge in [-0.1, -0.05) is 23.2 Å². The van der Waals surface area contributed by atoms with Gasteiger partial charge in [0.15, 0.2) is 0 Å². The first kappa shape index (κ1) is 16.7. The Morgan fingerprint density at radius 3 is 2.11 bits per heavy atom. The quantitative estimate of drug-likeness (QED) is 0.791. The van der Waals surface area contributed by atoms with Gasteiger partial charge in [-0.3, -0.25) is 0 Å². The Kier molecular flexibility index (Phi) is 6.56. The van der Waals surface area contributed by atoms with Crippen molar-refractivity contribution < 1.29 is 13.3 Å². The molecule has 108 valence electrons. The second-order valence-electron chi connectivity index (χ2n) is 4.21. The Labute approximate surface area is 124 Å². The molecular weight excluding hydrogens is 307 g/mol. The maximum Gasteiger partial charge on any atom is 0.240 e. The molecule has 0 aliphatic rings. The van der Waals surface area contributed by atoms with Crippen molar-refractivity contribution in [1.82, 2.24) is 4.72 Å². The van der Waals surface area contributed by atoms with Crippen molar-refractivity contribution in [3.05, 3.63) is 28.2 Å². The molecule has 0 spiro atoms. The molecule has 2 N–H and O–H groups in total. The highest BCUT2D eigenvalue weighted by molar-refractivity contribution is 7.89. The molecule has 4 nitrogen and oxygen atoms in total. The fourth-order valence-electron chi connectivity index (χ4n) is 1.73. The third-order valence-corrected chi connectivity index (χ3v) is 4.79. The van der Waals surface area contributed by atoms with Gasteiger partial charge in [0, 0.05) is 10.0 Å². The summed E-state index contributed by atoms with van der Waals surface area (Å²) in [6.45, 7) is 7.24. The number of rotatable bonds is 7. The maximum atomic E-state index is 12.1. The highest BCUT2D eigenvalue weighted by Crippen LogP contribution is 2.21. The van der Waals surface area contributed by atoms with E-state index in [0.29, 0.717) is 16.6 Å². The van der Waals surface area contributed by atoms with Gasteiger partial charge in [0.1, 0.15) is 0 Å². The third-order valence-electron chi connectivity index (χ3n) is 2.92. The number of hydrogen-bond donors (Lipinski definition) is 2. The summed E-state index contributed by atoms with van der Waals surface area (Å²) in [7, 11) is -3.55. The summed E-state index contributed by atoms with van der Waals surface area (Å²) in [4.78, 5) is 1.44. The molecule has 0 fully saturated rings. The van der Waals surface area contributed by atoms with E-state index in [0.717, 1.165) is 19.6 Å². The standard InChI is InChI=1S/C12H18Cl2N2O2S/c1-3-16(4-2)6-5-15-19(17,18)12-8-10(13)7-11(14)9-12/h7-9,15H,3-6H2,1-2H3/p+1. The lowest BCUT2D eigenvalue weighted by Gasteiger charge is -2.15. The molecular formula is C12H19Cl2N2O2S+. The number of likely N-dealkylation sites (N-methyl/N-ethyl adjacent to an activating group) is 1. The van der Waals surface area contributed by atoms with E-state index in [4.69, 9.17) is 23.2 Å². The summed E-state index contributed by atoms with van der Waals surface area (Å²) < 4.78 is 26.7. The first-order valence-electron chi connectivity index (χ1n) is 6.18. The molecule has 0 aliphatic heterocycles. The van der Waals surface area contributed by atoms with Crippen molar-refractivity contribution >= 4 is 33.2 Å². The minimum absolute atomic E-state index is 0.0968. The molecule has 0 radical (unpaired) electrons. The van der Waals surface area contributed by atoms with E-state index in [-0.39, 0.29) is 4.90 Å². The van der Waals surface area contributed by atoms with Gasteiger partial charge in [-0.05, 0) is 32.0 Å². The van der Waals surface area contributed by atoms with E-state index >= 15 is 0 Å². The molecule has 0 aliphatic carbocycles. The highest BCUT2D eigenvalue weighted by Gasteiger charge is 2.16. The monoisotopic (exact) mass is 325 g/mol. The molecule has 0 unspecified atom stereocenters. The van der Waals surface area contributed by atoms with Crippen molar-refractivity contribution in [2.24, 2.45) is 0 Å². The van der Waals surface area contributed by atoms with Crippen LogP contribution in [-0.4, -0.2) is 34.6 Å². The molecule has 1 aromatic carbocycles. The Bertz CT molecular complexity index is 496. The Hall–Kier alpha value is -0.330. The topological polar surface area (TPSA) is 50.6 Å². The van der Waals surface area contributed by atoms with Gasteiger partial charge in [0.2, 0.25) is 10.0 Å². The van der Waals surface area contributed by atoms with E-state index in [1.807, 2.05) is 0 Å². The molecule has 7 heteroatoms. The molecule has 1 aromatic rings. The Morgan fingerprint density at radius 2 is 1.63 bits per heavy atom. The van der Waals surface area contributed by atoms with E-state index < -0.39 is 10.0 Å². The third kappa shape index (κ3) is 5.28. The van der Waals surface area contributed by atoms with Crippen LogP contribution < -0.4 is 9.62 Å². The molecule has 0 bridgehead atoms. The van der Waals surface area contributed by atoms with E-state index in [1.165, 1.54) is 23.1 Å². The molecule has 0 atom stereocenters. The van der Waals surface area contributed by atoms with Crippen molar-refractivity contribution in [3.63, 3.8) is 0 Å². The van der Waals surface area contributed by atoms with E-state index in [1.54, 1.807) is 0 Å². The number of nitrogens with one attached hydrogen (secondary N) is 2. The molecule has 0 amide bonds. The van der Waals surface area contributed by atoms with Crippen LogP contribution in [-0.2, 0) is 10.0 Å².